The zero-order valence-corrected chi connectivity index (χ0v) is 7.04. The fourth-order valence-corrected chi connectivity index (χ4v) is 1.11. The number of aryl methyl sites for hydroxylation is 1. The number of hydrogen-bond acceptors (Lipinski definition) is 1. The topological polar surface area (TPSA) is 20.2 Å². The van der Waals surface area contributed by atoms with E-state index >= 15 is 0 Å². The molecule has 0 heterocycles. The molecule has 0 saturated carbocycles. The average molecular weight is 150 g/mol. The highest BCUT2D eigenvalue weighted by Crippen LogP contribution is 2.16. The smallest absolute Gasteiger partial charge is 0.0787 e. The maximum absolute atomic E-state index is 9.45. The lowest BCUT2D eigenvalue weighted by atomic mass is 10.1. The van der Waals surface area contributed by atoms with E-state index in [-0.39, 0.29) is 6.10 Å². The van der Waals surface area contributed by atoms with Crippen molar-refractivity contribution in [3.05, 3.63) is 35.4 Å². The van der Waals surface area contributed by atoms with E-state index in [1.807, 2.05) is 38.1 Å². The number of rotatable bonds is 2. The van der Waals surface area contributed by atoms with Crippen LogP contribution in [0.5, 0.6) is 0 Å². The Morgan fingerprint density at radius 2 is 2.18 bits per heavy atom. The Morgan fingerprint density at radius 1 is 1.45 bits per heavy atom. The standard InChI is InChI=1S/C10H14O/c1-3-10(11)9-6-4-5-8(2)7-9/h4-7,10-11H,3H2,1-2H3. The zero-order valence-electron chi connectivity index (χ0n) is 7.04. The number of aliphatic hydroxyl groups excluding tert-OH is 1. The molecule has 1 atom stereocenters. The Balaban J connectivity index is 2.86. The molecule has 1 nitrogen and oxygen atoms in total. The molecule has 0 aliphatic carbocycles. The first kappa shape index (κ1) is 8.28. The minimum atomic E-state index is -0.296. The van der Waals surface area contributed by atoms with Gasteiger partial charge >= 0.3 is 0 Å². The van der Waals surface area contributed by atoms with Gasteiger partial charge in [-0.05, 0) is 18.9 Å². The minimum Gasteiger partial charge on any atom is -0.388 e. The summed E-state index contributed by atoms with van der Waals surface area (Å²) in [6, 6.07) is 7.99. The number of aliphatic hydroxyl groups is 1. The summed E-state index contributed by atoms with van der Waals surface area (Å²) in [5.74, 6) is 0. The van der Waals surface area contributed by atoms with Crippen molar-refractivity contribution in [2.24, 2.45) is 0 Å². The van der Waals surface area contributed by atoms with Crippen LogP contribution in [0.4, 0.5) is 0 Å². The van der Waals surface area contributed by atoms with E-state index in [9.17, 15) is 5.11 Å². The van der Waals surface area contributed by atoms with Crippen LogP contribution < -0.4 is 0 Å². The first-order valence-electron chi connectivity index (χ1n) is 3.98. The van der Waals surface area contributed by atoms with Crippen LogP contribution in [0, 0.1) is 6.92 Å². The fourth-order valence-electron chi connectivity index (χ4n) is 1.11. The normalized spacial score (nSPS) is 13.0. The van der Waals surface area contributed by atoms with Crippen molar-refractivity contribution in [2.45, 2.75) is 26.4 Å². The highest BCUT2D eigenvalue weighted by Gasteiger charge is 2.02. The molecule has 60 valence electrons. The molecule has 0 saturated heterocycles. The molecule has 1 unspecified atom stereocenters. The summed E-state index contributed by atoms with van der Waals surface area (Å²) in [7, 11) is 0. The van der Waals surface area contributed by atoms with Crippen molar-refractivity contribution in [3.63, 3.8) is 0 Å². The molecule has 0 fully saturated rings. The maximum Gasteiger partial charge on any atom is 0.0787 e. The second kappa shape index (κ2) is 3.54. The molecule has 0 aliphatic heterocycles. The molecular weight excluding hydrogens is 136 g/mol. The van der Waals surface area contributed by atoms with Crippen LogP contribution >= 0.6 is 0 Å². The van der Waals surface area contributed by atoms with Crippen molar-refractivity contribution in [3.8, 4) is 0 Å². The van der Waals surface area contributed by atoms with Crippen LogP contribution in [0.25, 0.3) is 0 Å². The molecule has 0 aromatic heterocycles. The molecule has 11 heavy (non-hydrogen) atoms. The predicted octanol–water partition coefficient (Wildman–Crippen LogP) is 2.44. The summed E-state index contributed by atoms with van der Waals surface area (Å²) in [5, 5.41) is 9.45. The van der Waals surface area contributed by atoms with Gasteiger partial charge in [0.25, 0.3) is 0 Å². The second-order valence-corrected chi connectivity index (χ2v) is 2.84. The molecule has 0 spiro atoms. The largest absolute Gasteiger partial charge is 0.388 e. The minimum absolute atomic E-state index is 0.296. The van der Waals surface area contributed by atoms with Crippen LogP contribution in [0.2, 0.25) is 0 Å². The first-order chi connectivity index (χ1) is 5.24. The molecule has 1 heteroatoms. The third-order valence-corrected chi connectivity index (χ3v) is 1.81. The molecule has 1 N–H and O–H groups in total. The third kappa shape index (κ3) is 2.05. The van der Waals surface area contributed by atoms with E-state index in [0.717, 1.165) is 12.0 Å². The van der Waals surface area contributed by atoms with Crippen LogP contribution in [0.15, 0.2) is 24.3 Å². The Morgan fingerprint density at radius 3 is 2.73 bits per heavy atom. The van der Waals surface area contributed by atoms with Crippen LogP contribution in [0.3, 0.4) is 0 Å². The molecule has 1 aromatic rings. The van der Waals surface area contributed by atoms with Gasteiger partial charge in [-0.25, -0.2) is 0 Å². The molecule has 0 amide bonds. The summed E-state index contributed by atoms with van der Waals surface area (Å²) >= 11 is 0. The van der Waals surface area contributed by atoms with Gasteiger partial charge in [0.15, 0.2) is 0 Å². The van der Waals surface area contributed by atoms with Crippen molar-refractivity contribution in [1.29, 1.82) is 0 Å². The van der Waals surface area contributed by atoms with E-state index in [4.69, 9.17) is 0 Å². The number of benzene rings is 1. The van der Waals surface area contributed by atoms with Crippen molar-refractivity contribution in [1.82, 2.24) is 0 Å². The number of hydrogen-bond donors (Lipinski definition) is 1. The van der Waals surface area contributed by atoms with E-state index < -0.39 is 0 Å². The molecule has 0 bridgehead atoms. The van der Waals surface area contributed by atoms with Gasteiger partial charge < -0.3 is 5.11 Å². The van der Waals surface area contributed by atoms with Gasteiger partial charge in [-0.3, -0.25) is 0 Å². The zero-order chi connectivity index (χ0) is 8.27. The Hall–Kier alpha value is -0.820. The van der Waals surface area contributed by atoms with E-state index in [0.29, 0.717) is 0 Å². The monoisotopic (exact) mass is 150 g/mol. The van der Waals surface area contributed by atoms with Gasteiger partial charge in [0.1, 0.15) is 0 Å². The highest BCUT2D eigenvalue weighted by molar-refractivity contribution is 5.23. The summed E-state index contributed by atoms with van der Waals surface area (Å²) in [6.45, 7) is 4.01. The summed E-state index contributed by atoms with van der Waals surface area (Å²) in [5.41, 5.74) is 2.22. The quantitative estimate of drug-likeness (QED) is 0.686. The van der Waals surface area contributed by atoms with Gasteiger partial charge in [0.2, 0.25) is 0 Å². The van der Waals surface area contributed by atoms with Gasteiger partial charge in [-0.2, -0.15) is 0 Å². The SMILES string of the molecule is CCC(O)c1cccc(C)c1. The molecule has 1 aromatic carbocycles. The van der Waals surface area contributed by atoms with Gasteiger partial charge in [0.05, 0.1) is 6.10 Å². The Labute approximate surface area is 67.7 Å². The molecule has 0 aliphatic rings. The molecular formula is C10H14O. The summed E-state index contributed by atoms with van der Waals surface area (Å²) in [6.07, 6.45) is 0.485. The van der Waals surface area contributed by atoms with E-state index in [2.05, 4.69) is 0 Å². The van der Waals surface area contributed by atoms with Crippen molar-refractivity contribution >= 4 is 0 Å². The van der Waals surface area contributed by atoms with Crippen LogP contribution in [0.1, 0.15) is 30.6 Å². The Kier molecular flexibility index (Phi) is 2.66. The second-order valence-electron chi connectivity index (χ2n) is 2.84. The summed E-state index contributed by atoms with van der Waals surface area (Å²) in [4.78, 5) is 0. The fraction of sp³-hybridized carbons (Fsp3) is 0.400. The highest BCUT2D eigenvalue weighted by atomic mass is 16.3. The maximum atomic E-state index is 9.45. The molecule has 0 radical (unpaired) electrons. The third-order valence-electron chi connectivity index (χ3n) is 1.81. The van der Waals surface area contributed by atoms with Crippen LogP contribution in [-0.2, 0) is 0 Å². The first-order valence-corrected chi connectivity index (χ1v) is 3.98. The molecule has 1 rings (SSSR count). The average Bonchev–Trinajstić information content (AvgIpc) is 2.03. The van der Waals surface area contributed by atoms with Gasteiger partial charge in [0, 0.05) is 0 Å². The van der Waals surface area contributed by atoms with Crippen LogP contribution in [-0.4, -0.2) is 5.11 Å². The lowest BCUT2D eigenvalue weighted by Crippen LogP contribution is -1.94. The predicted molar refractivity (Wildman–Crippen MR) is 46.4 cm³/mol. The van der Waals surface area contributed by atoms with Gasteiger partial charge in [-0.15, -0.1) is 0 Å². The van der Waals surface area contributed by atoms with Gasteiger partial charge in [-0.1, -0.05) is 36.8 Å². The lowest BCUT2D eigenvalue weighted by molar-refractivity contribution is 0.173. The van der Waals surface area contributed by atoms with E-state index in [1.54, 1.807) is 0 Å². The Bertz CT molecular complexity index is 230. The van der Waals surface area contributed by atoms with Crippen molar-refractivity contribution in [2.75, 3.05) is 0 Å². The lowest BCUT2D eigenvalue weighted by Gasteiger charge is -2.07. The van der Waals surface area contributed by atoms with Crippen molar-refractivity contribution < 1.29 is 5.11 Å². The summed E-state index contributed by atoms with van der Waals surface area (Å²) < 4.78 is 0. The van der Waals surface area contributed by atoms with E-state index in [1.165, 1.54) is 5.56 Å².